The summed E-state index contributed by atoms with van der Waals surface area (Å²) in [6.07, 6.45) is 6.35. The summed E-state index contributed by atoms with van der Waals surface area (Å²) in [6.45, 7) is -0.00498. The molecule has 0 amide bonds. The highest BCUT2D eigenvalue weighted by Crippen LogP contribution is 2.23. The monoisotopic (exact) mass is 358 g/mol. The average molecular weight is 359 g/mol. The van der Waals surface area contributed by atoms with E-state index in [1.807, 2.05) is 0 Å². The highest BCUT2D eigenvalue weighted by molar-refractivity contribution is 6.30. The highest BCUT2D eigenvalue weighted by Gasteiger charge is 2.13. The summed E-state index contributed by atoms with van der Waals surface area (Å²) in [6, 6.07) is 9.61. The van der Waals surface area contributed by atoms with Gasteiger partial charge in [0.1, 0.15) is 5.75 Å². The largest absolute Gasteiger partial charge is 0.422 e. The molecule has 0 aliphatic carbocycles. The van der Waals surface area contributed by atoms with Crippen molar-refractivity contribution in [3.05, 3.63) is 68.7 Å². The smallest absolute Gasteiger partial charge is 0.343 e. The molecule has 126 valence electrons. The molecular formula is C17H11ClN2O5. The second kappa shape index (κ2) is 8.47. The van der Waals surface area contributed by atoms with E-state index >= 15 is 0 Å². The van der Waals surface area contributed by atoms with E-state index in [1.54, 1.807) is 6.07 Å². The van der Waals surface area contributed by atoms with Crippen LogP contribution in [-0.4, -0.2) is 23.7 Å². The highest BCUT2D eigenvalue weighted by atomic mass is 35.5. The Balaban J connectivity index is 2.18. The van der Waals surface area contributed by atoms with Crippen molar-refractivity contribution in [2.24, 2.45) is 5.16 Å². The lowest BCUT2D eigenvalue weighted by molar-refractivity contribution is -0.384. The molecule has 0 saturated carbocycles. The number of nitro groups is 1. The van der Waals surface area contributed by atoms with Gasteiger partial charge >= 0.3 is 5.97 Å². The molecule has 0 aliphatic rings. The Morgan fingerprint density at radius 3 is 2.68 bits per heavy atom. The fourth-order valence-electron chi connectivity index (χ4n) is 1.76. The van der Waals surface area contributed by atoms with Crippen LogP contribution in [0.15, 0.2) is 47.6 Å². The Bertz CT molecular complexity index is 856. The van der Waals surface area contributed by atoms with E-state index in [0.717, 1.165) is 0 Å². The van der Waals surface area contributed by atoms with Crippen molar-refractivity contribution in [1.29, 1.82) is 0 Å². The van der Waals surface area contributed by atoms with E-state index in [1.165, 1.54) is 42.6 Å². The first kappa shape index (κ1) is 18.0. The van der Waals surface area contributed by atoms with Crippen LogP contribution in [0.4, 0.5) is 5.69 Å². The number of non-ortho nitro benzene ring substituents is 1. The first-order valence-corrected chi connectivity index (χ1v) is 7.24. The number of halogens is 1. The molecule has 2 rings (SSSR count). The number of terminal acetylenes is 1. The molecule has 0 fully saturated rings. The van der Waals surface area contributed by atoms with Gasteiger partial charge in [-0.2, -0.15) is 0 Å². The van der Waals surface area contributed by atoms with Gasteiger partial charge in [0.2, 0.25) is 0 Å². The number of carbonyl (C=O) groups is 1. The first-order valence-electron chi connectivity index (χ1n) is 6.86. The van der Waals surface area contributed by atoms with Crippen LogP contribution in [0.2, 0.25) is 5.02 Å². The summed E-state index contributed by atoms with van der Waals surface area (Å²) in [7, 11) is 0. The second-order valence-corrected chi connectivity index (χ2v) is 5.02. The molecule has 0 heterocycles. The fraction of sp³-hybridized carbons (Fsp3) is 0.0588. The molecule has 2 aromatic carbocycles. The standard InChI is InChI=1S/C17H11ClN2O5/c1-2-9-24-19-11-13-10-14(18)5-8-16(13)25-17(21)12-3-6-15(7-4-12)20(22)23/h1,3-8,10-11H,9H2. The molecule has 0 radical (unpaired) electrons. The molecule has 0 bridgehead atoms. The van der Waals surface area contributed by atoms with Crippen molar-refractivity contribution in [2.75, 3.05) is 6.61 Å². The van der Waals surface area contributed by atoms with Gasteiger partial charge < -0.3 is 9.57 Å². The van der Waals surface area contributed by atoms with Crippen molar-refractivity contribution < 1.29 is 19.3 Å². The molecule has 0 aliphatic heterocycles. The van der Waals surface area contributed by atoms with Gasteiger partial charge in [0, 0.05) is 22.7 Å². The van der Waals surface area contributed by atoms with Gasteiger partial charge in [0.05, 0.1) is 16.7 Å². The first-order chi connectivity index (χ1) is 12.0. The van der Waals surface area contributed by atoms with Crippen molar-refractivity contribution >= 4 is 29.5 Å². The van der Waals surface area contributed by atoms with E-state index in [0.29, 0.717) is 10.6 Å². The number of hydrogen-bond acceptors (Lipinski definition) is 6. The normalized spacial score (nSPS) is 10.2. The summed E-state index contributed by atoms with van der Waals surface area (Å²) in [4.78, 5) is 27.1. The van der Waals surface area contributed by atoms with E-state index in [2.05, 4.69) is 11.1 Å². The lowest BCUT2D eigenvalue weighted by Crippen LogP contribution is -2.10. The molecule has 0 saturated heterocycles. The predicted octanol–water partition coefficient (Wildman–Crippen LogP) is 3.45. The zero-order chi connectivity index (χ0) is 18.2. The Morgan fingerprint density at radius 2 is 2.04 bits per heavy atom. The minimum Gasteiger partial charge on any atom is -0.422 e. The zero-order valence-electron chi connectivity index (χ0n) is 12.7. The maximum Gasteiger partial charge on any atom is 0.343 e. The molecule has 0 unspecified atom stereocenters. The predicted molar refractivity (Wildman–Crippen MR) is 91.9 cm³/mol. The van der Waals surface area contributed by atoms with Gasteiger partial charge in [0.25, 0.3) is 5.69 Å². The number of esters is 1. The fourth-order valence-corrected chi connectivity index (χ4v) is 1.94. The lowest BCUT2D eigenvalue weighted by Gasteiger charge is -2.07. The third kappa shape index (κ3) is 5.06. The number of nitro benzene ring substituents is 1. The van der Waals surface area contributed by atoms with Gasteiger partial charge in [-0.1, -0.05) is 22.7 Å². The number of ether oxygens (including phenoxy) is 1. The molecule has 7 nitrogen and oxygen atoms in total. The third-order valence-electron chi connectivity index (χ3n) is 2.90. The van der Waals surface area contributed by atoms with Gasteiger partial charge in [0.15, 0.2) is 6.61 Å². The van der Waals surface area contributed by atoms with Gasteiger partial charge in [-0.05, 0) is 30.3 Å². The van der Waals surface area contributed by atoms with Crippen LogP contribution in [0.1, 0.15) is 15.9 Å². The minimum atomic E-state index is -0.684. The molecular weight excluding hydrogens is 348 g/mol. The Labute approximate surface area is 148 Å². The van der Waals surface area contributed by atoms with Crippen LogP contribution in [0, 0.1) is 22.5 Å². The molecule has 0 N–H and O–H groups in total. The van der Waals surface area contributed by atoms with Crippen LogP contribution in [-0.2, 0) is 4.84 Å². The molecule has 0 spiro atoms. The summed E-state index contributed by atoms with van der Waals surface area (Å²) in [5, 5.41) is 14.7. The number of oxime groups is 1. The van der Waals surface area contributed by atoms with Crippen molar-refractivity contribution in [3.63, 3.8) is 0 Å². The minimum absolute atomic E-state index is 0.00498. The SMILES string of the molecule is C#CCON=Cc1cc(Cl)ccc1OC(=O)c1ccc([N+](=O)[O-])cc1. The summed E-state index contributed by atoms with van der Waals surface area (Å²) >= 11 is 5.92. The lowest BCUT2D eigenvalue weighted by atomic mass is 10.2. The number of rotatable bonds is 6. The zero-order valence-corrected chi connectivity index (χ0v) is 13.5. The van der Waals surface area contributed by atoms with Crippen LogP contribution < -0.4 is 4.74 Å². The second-order valence-electron chi connectivity index (χ2n) is 4.59. The number of hydrogen-bond donors (Lipinski definition) is 0. The van der Waals surface area contributed by atoms with Crippen LogP contribution in [0.3, 0.4) is 0 Å². The summed E-state index contributed by atoms with van der Waals surface area (Å²) < 4.78 is 5.29. The Hall–Kier alpha value is -3.37. The molecule has 0 aromatic heterocycles. The van der Waals surface area contributed by atoms with Crippen molar-refractivity contribution in [2.45, 2.75) is 0 Å². The number of benzene rings is 2. The van der Waals surface area contributed by atoms with Gasteiger partial charge in [-0.15, -0.1) is 6.42 Å². The quantitative estimate of drug-likeness (QED) is 0.150. The Morgan fingerprint density at radius 1 is 1.32 bits per heavy atom. The number of carbonyl (C=O) groups excluding carboxylic acids is 1. The van der Waals surface area contributed by atoms with E-state index in [4.69, 9.17) is 27.6 Å². The van der Waals surface area contributed by atoms with E-state index in [-0.39, 0.29) is 23.6 Å². The number of nitrogens with zero attached hydrogens (tertiary/aromatic N) is 2. The van der Waals surface area contributed by atoms with Crippen LogP contribution in [0.5, 0.6) is 5.75 Å². The van der Waals surface area contributed by atoms with E-state index in [9.17, 15) is 14.9 Å². The van der Waals surface area contributed by atoms with Crippen molar-refractivity contribution in [1.82, 2.24) is 0 Å². The van der Waals surface area contributed by atoms with Crippen LogP contribution in [0.25, 0.3) is 0 Å². The maximum absolute atomic E-state index is 12.2. The molecule has 25 heavy (non-hydrogen) atoms. The van der Waals surface area contributed by atoms with Crippen LogP contribution >= 0.6 is 11.6 Å². The average Bonchev–Trinajstić information content (AvgIpc) is 2.60. The topological polar surface area (TPSA) is 91.0 Å². The Kier molecular flexibility index (Phi) is 6.09. The molecule has 8 heteroatoms. The third-order valence-corrected chi connectivity index (χ3v) is 3.14. The van der Waals surface area contributed by atoms with Crippen molar-refractivity contribution in [3.8, 4) is 18.1 Å². The van der Waals surface area contributed by atoms with Gasteiger partial charge in [-0.25, -0.2) is 4.79 Å². The van der Waals surface area contributed by atoms with Gasteiger partial charge in [-0.3, -0.25) is 10.1 Å². The van der Waals surface area contributed by atoms with E-state index < -0.39 is 10.9 Å². The maximum atomic E-state index is 12.2. The molecule has 2 aromatic rings. The summed E-state index contributed by atoms with van der Waals surface area (Å²) in [5.41, 5.74) is 0.438. The molecule has 0 atom stereocenters. The summed E-state index contributed by atoms with van der Waals surface area (Å²) in [5.74, 6) is 1.76.